The summed E-state index contributed by atoms with van der Waals surface area (Å²) in [5.41, 5.74) is 2.32. The number of rotatable bonds is 6. The van der Waals surface area contributed by atoms with Crippen molar-refractivity contribution in [2.75, 3.05) is 43.3 Å². The molecule has 0 radical (unpaired) electrons. The minimum Gasteiger partial charge on any atom is -0.497 e. The largest absolute Gasteiger partial charge is 0.497 e. The number of benzene rings is 2. The molecule has 2 saturated heterocycles. The third-order valence-corrected chi connectivity index (χ3v) is 8.68. The molecule has 2 aromatic rings. The average Bonchev–Trinajstić information content (AvgIpc) is 3.30. The predicted octanol–water partition coefficient (Wildman–Crippen LogP) is 3.60. The second-order valence-corrected chi connectivity index (χ2v) is 10.8. The van der Waals surface area contributed by atoms with E-state index in [4.69, 9.17) is 9.47 Å². The van der Waals surface area contributed by atoms with E-state index in [-0.39, 0.29) is 29.0 Å². The first-order chi connectivity index (χ1) is 17.4. The van der Waals surface area contributed by atoms with E-state index in [1.165, 1.54) is 11.8 Å². The van der Waals surface area contributed by atoms with E-state index < -0.39 is 4.87 Å². The van der Waals surface area contributed by atoms with Gasteiger partial charge in [-0.15, -0.1) is 11.8 Å². The average molecular weight is 510 g/mol. The van der Waals surface area contributed by atoms with Gasteiger partial charge in [-0.2, -0.15) is 0 Å². The summed E-state index contributed by atoms with van der Waals surface area (Å²) < 4.78 is 10.5. The van der Waals surface area contributed by atoms with E-state index >= 15 is 0 Å². The summed E-state index contributed by atoms with van der Waals surface area (Å²) in [6, 6.07) is 15.0. The molecule has 9 heteroatoms. The molecular weight excluding hydrogens is 478 g/mol. The third-order valence-electron chi connectivity index (χ3n) is 7.20. The molecule has 0 saturated carbocycles. The van der Waals surface area contributed by atoms with Crippen LogP contribution in [-0.2, 0) is 24.0 Å². The second-order valence-electron chi connectivity index (χ2n) is 9.31. The number of carbonyl (C=O) groups excluding carboxylic acids is 3. The van der Waals surface area contributed by atoms with Crippen LogP contribution in [0, 0.1) is 5.92 Å². The highest BCUT2D eigenvalue weighted by Gasteiger charge is 2.63. The molecule has 3 heterocycles. The molecule has 5 rings (SSSR count). The van der Waals surface area contributed by atoms with Crippen LogP contribution >= 0.6 is 11.8 Å². The van der Waals surface area contributed by atoms with E-state index in [1.54, 1.807) is 29.0 Å². The van der Waals surface area contributed by atoms with Crippen LogP contribution in [0.5, 0.6) is 5.75 Å². The maximum absolute atomic E-state index is 14.3. The van der Waals surface area contributed by atoms with Crippen LogP contribution in [0.25, 0.3) is 0 Å². The van der Waals surface area contributed by atoms with Crippen LogP contribution in [0.1, 0.15) is 32.3 Å². The number of likely N-dealkylation sites (tertiary alicyclic amines) is 1. The molecule has 0 aromatic heterocycles. The van der Waals surface area contributed by atoms with Crippen LogP contribution in [-0.4, -0.2) is 61.4 Å². The van der Waals surface area contributed by atoms with Crippen molar-refractivity contribution in [3.8, 4) is 5.75 Å². The van der Waals surface area contributed by atoms with Crippen molar-refractivity contribution in [1.29, 1.82) is 0 Å². The van der Waals surface area contributed by atoms with Crippen LogP contribution in [0.4, 0.5) is 11.4 Å². The van der Waals surface area contributed by atoms with Gasteiger partial charge in [0.2, 0.25) is 10.8 Å². The summed E-state index contributed by atoms with van der Waals surface area (Å²) in [6.45, 7) is 5.88. The molecule has 0 aliphatic carbocycles. The maximum atomic E-state index is 14.3. The van der Waals surface area contributed by atoms with Crippen LogP contribution in [0.2, 0.25) is 0 Å². The van der Waals surface area contributed by atoms with Gasteiger partial charge in [0, 0.05) is 24.3 Å². The highest BCUT2D eigenvalue weighted by Crippen LogP contribution is 2.57. The molecule has 2 amide bonds. The fraction of sp³-hybridized carbons (Fsp3) is 0.444. The van der Waals surface area contributed by atoms with Gasteiger partial charge in [-0.1, -0.05) is 18.2 Å². The lowest BCUT2D eigenvalue weighted by Gasteiger charge is -2.36. The Hall–Kier alpha value is -3.04. The molecule has 3 aliphatic heterocycles. The van der Waals surface area contributed by atoms with Gasteiger partial charge in [0.15, 0.2) is 0 Å². The summed E-state index contributed by atoms with van der Waals surface area (Å²) in [6.07, 6.45) is 1.41. The Morgan fingerprint density at radius 1 is 1.08 bits per heavy atom. The summed E-state index contributed by atoms with van der Waals surface area (Å²) in [4.78, 5) is 44.4. The van der Waals surface area contributed by atoms with Gasteiger partial charge in [0.05, 0.1) is 37.2 Å². The molecule has 3 aliphatic rings. The number of piperidine rings is 1. The quantitative estimate of drug-likeness (QED) is 0.551. The first-order valence-electron chi connectivity index (χ1n) is 12.4. The van der Waals surface area contributed by atoms with E-state index in [1.807, 2.05) is 50.2 Å². The second kappa shape index (κ2) is 9.78. The first-order valence-corrected chi connectivity index (χ1v) is 13.2. The number of ether oxygens (including phenoxy) is 2. The number of nitrogens with zero attached hydrogens (tertiary/aromatic N) is 3. The Bertz CT molecular complexity index is 1160. The normalized spacial score (nSPS) is 24.5. The molecule has 36 heavy (non-hydrogen) atoms. The Morgan fingerprint density at radius 3 is 2.44 bits per heavy atom. The van der Waals surface area contributed by atoms with Crippen molar-refractivity contribution >= 4 is 40.9 Å². The molecule has 2 fully saturated rings. The SMILES string of the molecule is CCOC(=O)C1CCN(CN2C(=O)[C@@]3(S[C@@H](C)C(=O)N3c3ccc(OC)cc3)c3ccccc32)CC1. The van der Waals surface area contributed by atoms with E-state index in [9.17, 15) is 14.4 Å². The number of hydrogen-bond acceptors (Lipinski definition) is 7. The lowest BCUT2D eigenvalue weighted by atomic mass is 9.97. The number of para-hydroxylation sites is 1. The fourth-order valence-corrected chi connectivity index (χ4v) is 6.91. The molecule has 0 bridgehead atoms. The van der Waals surface area contributed by atoms with Crippen molar-refractivity contribution in [3.05, 3.63) is 54.1 Å². The maximum Gasteiger partial charge on any atom is 0.309 e. The van der Waals surface area contributed by atoms with Crippen molar-refractivity contribution < 1.29 is 23.9 Å². The van der Waals surface area contributed by atoms with Gasteiger partial charge >= 0.3 is 5.97 Å². The number of carbonyl (C=O) groups is 3. The summed E-state index contributed by atoms with van der Waals surface area (Å²) in [7, 11) is 1.60. The van der Waals surface area contributed by atoms with Crippen molar-refractivity contribution in [2.24, 2.45) is 5.92 Å². The monoisotopic (exact) mass is 509 g/mol. The van der Waals surface area contributed by atoms with Crippen LogP contribution < -0.4 is 14.5 Å². The lowest BCUT2D eigenvalue weighted by Crippen LogP contribution is -2.52. The number of thioether (sulfide) groups is 1. The van der Waals surface area contributed by atoms with Crippen molar-refractivity contribution in [2.45, 2.75) is 36.8 Å². The Labute approximate surface area is 215 Å². The van der Waals surface area contributed by atoms with Crippen molar-refractivity contribution in [1.82, 2.24) is 4.90 Å². The van der Waals surface area contributed by atoms with Crippen LogP contribution in [0.15, 0.2) is 48.5 Å². The number of hydrogen-bond donors (Lipinski definition) is 0. The molecule has 2 atom stereocenters. The lowest BCUT2D eigenvalue weighted by molar-refractivity contribution is -0.149. The number of amides is 2. The zero-order chi connectivity index (χ0) is 25.4. The Balaban J connectivity index is 1.45. The number of esters is 1. The van der Waals surface area contributed by atoms with Gasteiger partial charge in [0.1, 0.15) is 5.75 Å². The predicted molar refractivity (Wildman–Crippen MR) is 139 cm³/mol. The molecule has 0 unspecified atom stereocenters. The van der Waals surface area contributed by atoms with E-state index in [2.05, 4.69) is 4.90 Å². The Kier molecular flexibility index (Phi) is 6.70. The molecule has 2 aromatic carbocycles. The highest BCUT2D eigenvalue weighted by molar-refractivity contribution is 8.03. The molecule has 1 spiro atoms. The third kappa shape index (κ3) is 3.94. The zero-order valence-corrected chi connectivity index (χ0v) is 21.6. The smallest absolute Gasteiger partial charge is 0.309 e. The fourth-order valence-electron chi connectivity index (χ4n) is 5.38. The van der Waals surface area contributed by atoms with E-state index in [0.29, 0.717) is 50.6 Å². The van der Waals surface area contributed by atoms with Crippen molar-refractivity contribution in [3.63, 3.8) is 0 Å². The van der Waals surface area contributed by atoms with E-state index in [0.717, 1.165) is 11.3 Å². The number of fused-ring (bicyclic) bond motifs is 2. The number of methoxy groups -OCH3 is 1. The summed E-state index contributed by atoms with van der Waals surface area (Å²) in [5.74, 6) is 0.249. The van der Waals surface area contributed by atoms with Gasteiger partial charge in [-0.25, -0.2) is 0 Å². The van der Waals surface area contributed by atoms with Gasteiger partial charge in [0.25, 0.3) is 5.91 Å². The molecule has 190 valence electrons. The minimum absolute atomic E-state index is 0.0922. The van der Waals surface area contributed by atoms with Crippen LogP contribution in [0.3, 0.4) is 0 Å². The highest BCUT2D eigenvalue weighted by atomic mass is 32.2. The summed E-state index contributed by atoms with van der Waals surface area (Å²) >= 11 is 1.40. The van der Waals surface area contributed by atoms with Gasteiger partial charge in [-0.3, -0.25) is 29.1 Å². The topological polar surface area (TPSA) is 79.4 Å². The standard InChI is InChI=1S/C27H31N3O5S/c1-4-35-25(32)19-13-15-28(16-14-19)17-29-23-8-6-5-7-22(23)27(26(29)33)30(24(31)18(2)36-27)20-9-11-21(34-3)12-10-20/h5-12,18-19H,4,13-17H2,1-3H3/t18-,27-/m0/s1. The number of anilines is 2. The summed E-state index contributed by atoms with van der Waals surface area (Å²) in [5, 5.41) is -0.371. The molecule has 8 nitrogen and oxygen atoms in total. The molecule has 0 N–H and O–H groups in total. The van der Waals surface area contributed by atoms with Gasteiger partial charge in [-0.05, 0) is 57.0 Å². The molecular formula is C27H31N3O5S. The minimum atomic E-state index is -1.16. The first kappa shape index (κ1) is 24.6. The van der Waals surface area contributed by atoms with Gasteiger partial charge < -0.3 is 9.47 Å². The Morgan fingerprint density at radius 2 is 1.78 bits per heavy atom. The zero-order valence-electron chi connectivity index (χ0n) is 20.8.